The van der Waals surface area contributed by atoms with Gasteiger partial charge in [-0.25, -0.2) is 0 Å². The van der Waals surface area contributed by atoms with Crippen molar-refractivity contribution in [1.29, 1.82) is 0 Å². The first-order valence-electron chi connectivity index (χ1n) is 10.9. The Hall–Kier alpha value is -2.04. The number of carbonyl (C=O) groups excluding carboxylic acids is 1. The van der Waals surface area contributed by atoms with Crippen LogP contribution in [-0.4, -0.2) is 37.0 Å². The van der Waals surface area contributed by atoms with Crippen LogP contribution in [0.3, 0.4) is 0 Å². The number of nitrogens with one attached hydrogen (secondary N) is 1. The van der Waals surface area contributed by atoms with Crippen molar-refractivity contribution in [3.63, 3.8) is 0 Å². The van der Waals surface area contributed by atoms with Crippen molar-refractivity contribution in [3.8, 4) is 5.75 Å². The largest absolute Gasteiger partial charge is 0.492 e. The first kappa shape index (κ1) is 22.6. The summed E-state index contributed by atoms with van der Waals surface area (Å²) in [4.78, 5) is 14.5. The van der Waals surface area contributed by atoms with Crippen LogP contribution in [0.4, 0.5) is 5.69 Å². The van der Waals surface area contributed by atoms with Crippen LogP contribution in [0.5, 0.6) is 5.75 Å². The molecule has 1 aliphatic heterocycles. The van der Waals surface area contributed by atoms with Crippen molar-refractivity contribution in [2.24, 2.45) is 11.8 Å². The quantitative estimate of drug-likeness (QED) is 0.575. The summed E-state index contributed by atoms with van der Waals surface area (Å²) in [7, 11) is 0. The van der Waals surface area contributed by atoms with E-state index in [-0.39, 0.29) is 11.8 Å². The normalized spacial score (nSPS) is 16.4. The van der Waals surface area contributed by atoms with Gasteiger partial charge in [0.2, 0.25) is 5.91 Å². The molecule has 1 amide bonds. The van der Waals surface area contributed by atoms with E-state index in [0.29, 0.717) is 23.5 Å². The monoisotopic (exact) mass is 428 g/mol. The van der Waals surface area contributed by atoms with E-state index in [9.17, 15) is 4.79 Å². The fraction of sp³-hybridized carbons (Fsp3) is 0.480. The molecule has 1 N–H and O–H groups in total. The fourth-order valence-corrected chi connectivity index (χ4v) is 4.08. The number of hydrogen-bond acceptors (Lipinski definition) is 3. The molecule has 1 atom stereocenters. The smallest absolute Gasteiger partial charge is 0.226 e. The lowest BCUT2D eigenvalue weighted by Gasteiger charge is -2.34. The van der Waals surface area contributed by atoms with Crippen molar-refractivity contribution in [2.45, 2.75) is 39.5 Å². The van der Waals surface area contributed by atoms with Crippen LogP contribution in [0.25, 0.3) is 0 Å². The number of hydrogen-bond donors (Lipinski definition) is 1. The van der Waals surface area contributed by atoms with Crippen molar-refractivity contribution in [3.05, 3.63) is 59.1 Å². The Balaban J connectivity index is 1.45. The maximum absolute atomic E-state index is 12.0. The summed E-state index contributed by atoms with van der Waals surface area (Å²) >= 11 is 6.17. The molecule has 2 aromatic carbocycles. The van der Waals surface area contributed by atoms with Gasteiger partial charge >= 0.3 is 0 Å². The average molecular weight is 429 g/mol. The predicted molar refractivity (Wildman–Crippen MR) is 124 cm³/mol. The van der Waals surface area contributed by atoms with Gasteiger partial charge in [-0.3, -0.25) is 4.79 Å². The molecule has 30 heavy (non-hydrogen) atoms. The summed E-state index contributed by atoms with van der Waals surface area (Å²) in [5.41, 5.74) is 2.23. The molecule has 0 saturated carbocycles. The van der Waals surface area contributed by atoms with Gasteiger partial charge in [0.15, 0.2) is 0 Å². The molecule has 0 bridgehead atoms. The van der Waals surface area contributed by atoms with Crippen LogP contribution in [0.15, 0.2) is 48.5 Å². The summed E-state index contributed by atoms with van der Waals surface area (Å²) in [6.07, 6.45) is 2.28. The van der Waals surface area contributed by atoms with E-state index < -0.39 is 0 Å². The van der Waals surface area contributed by atoms with Crippen LogP contribution in [0, 0.1) is 11.8 Å². The molecule has 0 radical (unpaired) electrons. The van der Waals surface area contributed by atoms with Gasteiger partial charge in [-0.2, -0.15) is 0 Å². The Morgan fingerprint density at radius 2 is 1.87 bits per heavy atom. The summed E-state index contributed by atoms with van der Waals surface area (Å²) in [6, 6.07) is 16.0. The molecular formula is C25H33ClN2O2. The zero-order chi connectivity index (χ0) is 21.5. The Morgan fingerprint density at radius 1 is 1.13 bits per heavy atom. The van der Waals surface area contributed by atoms with Crippen LogP contribution >= 0.6 is 11.6 Å². The van der Waals surface area contributed by atoms with Gasteiger partial charge in [-0.15, -0.1) is 0 Å². The van der Waals surface area contributed by atoms with Crippen LogP contribution in [0.2, 0.25) is 5.02 Å². The predicted octanol–water partition coefficient (Wildman–Crippen LogP) is 5.83. The molecule has 1 saturated heterocycles. The molecular weight excluding hydrogens is 396 g/mol. The highest BCUT2D eigenvalue weighted by molar-refractivity contribution is 6.32. The topological polar surface area (TPSA) is 41.6 Å². The lowest BCUT2D eigenvalue weighted by atomic mass is 9.89. The van der Waals surface area contributed by atoms with Gasteiger partial charge in [-0.1, -0.05) is 56.6 Å². The number of rotatable bonds is 8. The van der Waals surface area contributed by atoms with E-state index >= 15 is 0 Å². The van der Waals surface area contributed by atoms with Crippen molar-refractivity contribution in [2.75, 3.05) is 31.6 Å². The zero-order valence-electron chi connectivity index (χ0n) is 18.2. The minimum atomic E-state index is -0.0132. The number of ether oxygens (including phenoxy) is 1. The van der Waals surface area contributed by atoms with Crippen molar-refractivity contribution in [1.82, 2.24) is 4.90 Å². The molecule has 1 unspecified atom stereocenters. The molecule has 2 aromatic rings. The van der Waals surface area contributed by atoms with Gasteiger partial charge in [-0.05, 0) is 61.7 Å². The van der Waals surface area contributed by atoms with E-state index in [0.717, 1.165) is 43.9 Å². The molecule has 1 aliphatic rings. The third-order valence-corrected chi connectivity index (χ3v) is 5.98. The minimum absolute atomic E-state index is 0.0132. The molecule has 1 heterocycles. The van der Waals surface area contributed by atoms with Gasteiger partial charge in [0.25, 0.3) is 0 Å². The average Bonchev–Trinajstić information content (AvgIpc) is 2.74. The van der Waals surface area contributed by atoms with E-state index in [1.54, 1.807) is 0 Å². The van der Waals surface area contributed by atoms with Gasteiger partial charge in [0, 0.05) is 24.1 Å². The SMILES string of the molecule is CC(COc1ccccc1Cl)CN1CCC(c2cccc(NC(=O)C(C)C)c2)CC1. The molecule has 0 spiro atoms. The van der Waals surface area contributed by atoms with Gasteiger partial charge in [0.05, 0.1) is 11.6 Å². The third kappa shape index (κ3) is 6.48. The maximum atomic E-state index is 12.0. The van der Waals surface area contributed by atoms with E-state index in [4.69, 9.17) is 16.3 Å². The van der Waals surface area contributed by atoms with E-state index in [2.05, 4.69) is 29.3 Å². The van der Waals surface area contributed by atoms with E-state index in [1.807, 2.05) is 50.2 Å². The Morgan fingerprint density at radius 3 is 2.57 bits per heavy atom. The Kier molecular flexibility index (Phi) is 8.17. The first-order valence-corrected chi connectivity index (χ1v) is 11.3. The Bertz CT molecular complexity index is 831. The minimum Gasteiger partial charge on any atom is -0.492 e. The second-order valence-corrected chi connectivity index (χ2v) is 9.10. The lowest BCUT2D eigenvalue weighted by molar-refractivity contribution is -0.118. The third-order valence-electron chi connectivity index (χ3n) is 5.67. The molecule has 3 rings (SSSR count). The van der Waals surface area contributed by atoms with Gasteiger partial charge < -0.3 is 15.0 Å². The van der Waals surface area contributed by atoms with Crippen molar-refractivity contribution < 1.29 is 9.53 Å². The Labute approximate surface area is 185 Å². The molecule has 4 nitrogen and oxygen atoms in total. The second kappa shape index (κ2) is 10.8. The highest BCUT2D eigenvalue weighted by atomic mass is 35.5. The standard InChI is InChI=1S/C25H33ClN2O2/c1-18(2)25(29)27-22-8-6-7-21(15-22)20-11-13-28(14-12-20)16-19(3)17-30-24-10-5-4-9-23(24)26/h4-10,15,18-20H,11-14,16-17H2,1-3H3,(H,27,29). The van der Waals surface area contributed by atoms with Crippen molar-refractivity contribution >= 4 is 23.2 Å². The van der Waals surface area contributed by atoms with Crippen LogP contribution in [0.1, 0.15) is 45.1 Å². The molecule has 5 heteroatoms. The number of para-hydroxylation sites is 1. The number of piperidine rings is 1. The number of amides is 1. The zero-order valence-corrected chi connectivity index (χ0v) is 19.0. The number of nitrogens with zero attached hydrogens (tertiary/aromatic N) is 1. The second-order valence-electron chi connectivity index (χ2n) is 8.69. The summed E-state index contributed by atoms with van der Waals surface area (Å²) in [6.45, 7) is 9.92. The number of halogens is 1. The number of likely N-dealkylation sites (tertiary alicyclic amines) is 1. The highest BCUT2D eigenvalue weighted by Gasteiger charge is 2.22. The summed E-state index contributed by atoms with van der Waals surface area (Å²) < 4.78 is 5.90. The van der Waals surface area contributed by atoms with Gasteiger partial charge in [0.1, 0.15) is 5.75 Å². The van der Waals surface area contributed by atoms with Crippen LogP contribution < -0.4 is 10.1 Å². The highest BCUT2D eigenvalue weighted by Crippen LogP contribution is 2.30. The van der Waals surface area contributed by atoms with E-state index in [1.165, 1.54) is 5.56 Å². The number of benzene rings is 2. The summed E-state index contributed by atoms with van der Waals surface area (Å²) in [5.74, 6) is 1.80. The van der Waals surface area contributed by atoms with Crippen LogP contribution in [-0.2, 0) is 4.79 Å². The fourth-order valence-electron chi connectivity index (χ4n) is 3.89. The molecule has 0 aliphatic carbocycles. The molecule has 0 aromatic heterocycles. The molecule has 162 valence electrons. The molecule has 1 fully saturated rings. The maximum Gasteiger partial charge on any atom is 0.226 e. The number of carbonyl (C=O) groups is 1. The first-order chi connectivity index (χ1) is 14.4. The number of anilines is 1. The lowest BCUT2D eigenvalue weighted by Crippen LogP contribution is -2.37. The summed E-state index contributed by atoms with van der Waals surface area (Å²) in [5, 5.41) is 3.68.